The molecule has 7 atom stereocenters. The molecule has 3 saturated carbocycles. The molecule has 0 aromatic heterocycles. The van der Waals surface area contributed by atoms with Crippen LogP contribution in [0.1, 0.15) is 65.7 Å². The van der Waals surface area contributed by atoms with Gasteiger partial charge in [0, 0.05) is 17.9 Å². The van der Waals surface area contributed by atoms with Gasteiger partial charge < -0.3 is 14.9 Å². The average molecular weight is 431 g/mol. The highest BCUT2D eigenvalue weighted by atomic mass is 16.5. The van der Waals surface area contributed by atoms with Gasteiger partial charge in [0.1, 0.15) is 5.60 Å². The molecule has 170 valence electrons. The number of hydrogen-bond acceptors (Lipinski definition) is 6. The first-order valence-corrected chi connectivity index (χ1v) is 11.5. The standard InChI is InChI=1S/C25H34O6/c1-4-5-21(29)31-14-20(28)25(30)11-9-18-17-7-6-15-12-16(26)8-10-23(15,2)22(17)19(27)13-24(18,25)3/h4-5,12,17-19,22,27,30H,6-11,13-14H2,1-3H3. The van der Waals surface area contributed by atoms with Crippen molar-refractivity contribution >= 4 is 17.5 Å². The Labute approximate surface area is 183 Å². The second-order valence-electron chi connectivity index (χ2n) is 10.5. The summed E-state index contributed by atoms with van der Waals surface area (Å²) in [7, 11) is 0. The van der Waals surface area contributed by atoms with Crippen molar-refractivity contribution in [3.63, 3.8) is 0 Å². The monoisotopic (exact) mass is 430 g/mol. The number of esters is 1. The molecular formula is C25H34O6. The van der Waals surface area contributed by atoms with Gasteiger partial charge in [-0.05, 0) is 74.7 Å². The Balaban J connectivity index is 1.60. The Hall–Kier alpha value is -1.79. The van der Waals surface area contributed by atoms with Crippen LogP contribution in [0.3, 0.4) is 0 Å². The Bertz CT molecular complexity index is 858. The van der Waals surface area contributed by atoms with Crippen LogP contribution in [0.5, 0.6) is 0 Å². The van der Waals surface area contributed by atoms with E-state index >= 15 is 0 Å². The third-order valence-corrected chi connectivity index (χ3v) is 9.16. The van der Waals surface area contributed by atoms with Crippen molar-refractivity contribution in [1.82, 2.24) is 0 Å². The summed E-state index contributed by atoms with van der Waals surface area (Å²) < 4.78 is 5.04. The van der Waals surface area contributed by atoms with Crippen molar-refractivity contribution in [2.45, 2.75) is 77.4 Å². The molecule has 6 heteroatoms. The molecule has 6 nitrogen and oxygen atoms in total. The quantitative estimate of drug-likeness (QED) is 0.525. The highest BCUT2D eigenvalue weighted by Crippen LogP contribution is 2.67. The molecule has 0 bridgehead atoms. The number of ketones is 2. The molecule has 2 N–H and O–H groups in total. The highest BCUT2D eigenvalue weighted by Gasteiger charge is 2.68. The van der Waals surface area contributed by atoms with Gasteiger partial charge in [-0.3, -0.25) is 9.59 Å². The topological polar surface area (TPSA) is 101 Å². The van der Waals surface area contributed by atoms with Crippen molar-refractivity contribution in [1.29, 1.82) is 0 Å². The summed E-state index contributed by atoms with van der Waals surface area (Å²) in [5, 5.41) is 22.9. The Morgan fingerprint density at radius 3 is 2.68 bits per heavy atom. The number of fused-ring (bicyclic) bond motifs is 5. The number of aliphatic hydroxyl groups excluding tert-OH is 1. The van der Waals surface area contributed by atoms with Crippen LogP contribution in [0.15, 0.2) is 23.8 Å². The van der Waals surface area contributed by atoms with E-state index in [9.17, 15) is 24.6 Å². The van der Waals surface area contributed by atoms with E-state index < -0.39 is 35.5 Å². The summed E-state index contributed by atoms with van der Waals surface area (Å²) >= 11 is 0. The second kappa shape index (κ2) is 7.66. The Morgan fingerprint density at radius 1 is 1.23 bits per heavy atom. The fraction of sp³-hybridized carbons (Fsp3) is 0.720. The van der Waals surface area contributed by atoms with Crippen LogP contribution < -0.4 is 0 Å². The van der Waals surface area contributed by atoms with Gasteiger partial charge in [0.25, 0.3) is 0 Å². The lowest BCUT2D eigenvalue weighted by molar-refractivity contribution is -0.184. The SMILES string of the molecule is CC=CC(=O)OCC(=O)C1(O)CCC2C3CCC4=CC(=O)CCC4(C)C3C(O)CC21C. The molecule has 0 aromatic rings. The van der Waals surface area contributed by atoms with E-state index in [0.717, 1.165) is 24.8 Å². The first-order valence-electron chi connectivity index (χ1n) is 11.5. The molecule has 0 spiro atoms. The zero-order valence-corrected chi connectivity index (χ0v) is 18.7. The summed E-state index contributed by atoms with van der Waals surface area (Å²) in [6.45, 7) is 5.33. The van der Waals surface area contributed by atoms with Gasteiger partial charge in [-0.25, -0.2) is 4.79 Å². The molecule has 0 heterocycles. The van der Waals surface area contributed by atoms with Crippen LogP contribution in [0, 0.1) is 28.6 Å². The third kappa shape index (κ3) is 3.25. The predicted octanol–water partition coefficient (Wildman–Crippen LogP) is 2.91. The Morgan fingerprint density at radius 2 is 1.97 bits per heavy atom. The number of rotatable bonds is 4. The molecule has 3 fully saturated rings. The van der Waals surface area contributed by atoms with E-state index in [-0.39, 0.29) is 29.0 Å². The molecule has 0 aromatic carbocycles. The molecular weight excluding hydrogens is 396 g/mol. The predicted molar refractivity (Wildman–Crippen MR) is 114 cm³/mol. The minimum atomic E-state index is -1.61. The van der Waals surface area contributed by atoms with Crippen molar-refractivity contribution in [3.05, 3.63) is 23.8 Å². The maximum absolute atomic E-state index is 13.1. The van der Waals surface area contributed by atoms with Crippen LogP contribution in [-0.2, 0) is 19.1 Å². The number of hydrogen-bond donors (Lipinski definition) is 2. The zero-order valence-electron chi connectivity index (χ0n) is 18.7. The lowest BCUT2D eigenvalue weighted by Crippen LogP contribution is -2.62. The first kappa shape index (κ1) is 22.4. The largest absolute Gasteiger partial charge is 0.454 e. The van der Waals surface area contributed by atoms with E-state index in [1.54, 1.807) is 13.0 Å². The molecule has 31 heavy (non-hydrogen) atoms. The fourth-order valence-corrected chi connectivity index (χ4v) is 7.59. The Kier molecular flexibility index (Phi) is 5.54. The van der Waals surface area contributed by atoms with Crippen LogP contribution in [0.2, 0.25) is 0 Å². The summed E-state index contributed by atoms with van der Waals surface area (Å²) in [5.74, 6) is -0.576. The van der Waals surface area contributed by atoms with Gasteiger partial charge in [-0.2, -0.15) is 0 Å². The van der Waals surface area contributed by atoms with Crippen LogP contribution >= 0.6 is 0 Å². The van der Waals surface area contributed by atoms with E-state index in [1.807, 2.05) is 6.92 Å². The number of carbonyl (C=O) groups is 3. The van der Waals surface area contributed by atoms with E-state index in [2.05, 4.69) is 6.92 Å². The minimum Gasteiger partial charge on any atom is -0.454 e. The summed E-state index contributed by atoms with van der Waals surface area (Å²) in [4.78, 5) is 36.7. The van der Waals surface area contributed by atoms with Crippen molar-refractivity contribution in [3.8, 4) is 0 Å². The summed E-state index contributed by atoms with van der Waals surface area (Å²) in [6.07, 6.45) is 8.25. The van der Waals surface area contributed by atoms with E-state index in [4.69, 9.17) is 4.74 Å². The van der Waals surface area contributed by atoms with Crippen LogP contribution in [0.4, 0.5) is 0 Å². The maximum atomic E-state index is 13.1. The van der Waals surface area contributed by atoms with Gasteiger partial charge in [0.05, 0.1) is 6.10 Å². The van der Waals surface area contributed by atoms with Crippen molar-refractivity contribution in [2.75, 3.05) is 6.61 Å². The van der Waals surface area contributed by atoms with Crippen LogP contribution in [0.25, 0.3) is 0 Å². The molecule has 0 saturated heterocycles. The molecule has 4 rings (SSSR count). The van der Waals surface area contributed by atoms with Crippen molar-refractivity contribution in [2.24, 2.45) is 28.6 Å². The van der Waals surface area contributed by atoms with Gasteiger partial charge in [0.15, 0.2) is 12.4 Å². The number of Topliss-reactive ketones (excluding diaryl/α,β-unsaturated/α-hetero) is 1. The number of carbonyl (C=O) groups excluding carboxylic acids is 3. The molecule has 7 unspecified atom stereocenters. The molecule has 4 aliphatic rings. The van der Waals surface area contributed by atoms with E-state index in [0.29, 0.717) is 25.7 Å². The minimum absolute atomic E-state index is 0.0312. The van der Waals surface area contributed by atoms with Gasteiger partial charge >= 0.3 is 5.97 Å². The molecule has 0 radical (unpaired) electrons. The average Bonchev–Trinajstić information content (AvgIpc) is 2.98. The van der Waals surface area contributed by atoms with Crippen LogP contribution in [-0.4, -0.2) is 46.1 Å². The summed E-state index contributed by atoms with van der Waals surface area (Å²) in [6, 6.07) is 0. The number of ether oxygens (including phenoxy) is 1. The molecule has 0 amide bonds. The van der Waals surface area contributed by atoms with Gasteiger partial charge in [-0.15, -0.1) is 0 Å². The van der Waals surface area contributed by atoms with E-state index in [1.165, 1.54) is 12.2 Å². The fourth-order valence-electron chi connectivity index (χ4n) is 7.59. The number of aliphatic hydroxyl groups is 2. The third-order valence-electron chi connectivity index (χ3n) is 9.16. The van der Waals surface area contributed by atoms with Gasteiger partial charge in [-0.1, -0.05) is 25.5 Å². The lowest BCUT2D eigenvalue weighted by atomic mass is 9.45. The van der Waals surface area contributed by atoms with Gasteiger partial charge in [0.2, 0.25) is 5.78 Å². The first-order chi connectivity index (χ1) is 14.6. The normalized spacial score (nSPS) is 44.3. The second-order valence-corrected chi connectivity index (χ2v) is 10.5. The highest BCUT2D eigenvalue weighted by molar-refractivity contribution is 5.92. The molecule has 4 aliphatic carbocycles. The molecule has 0 aliphatic heterocycles. The number of allylic oxidation sites excluding steroid dienone is 2. The summed E-state index contributed by atoms with van der Waals surface area (Å²) in [5.41, 5.74) is -1.42. The lowest BCUT2D eigenvalue weighted by Gasteiger charge is -2.60. The maximum Gasteiger partial charge on any atom is 0.330 e. The van der Waals surface area contributed by atoms with Crippen molar-refractivity contribution < 1.29 is 29.3 Å². The zero-order chi connectivity index (χ0) is 22.6. The smallest absolute Gasteiger partial charge is 0.330 e.